The van der Waals surface area contributed by atoms with Crippen molar-refractivity contribution < 1.29 is 14.3 Å². The lowest BCUT2D eigenvalue weighted by Crippen LogP contribution is -2.34. The predicted octanol–water partition coefficient (Wildman–Crippen LogP) is 5.28. The van der Waals surface area contributed by atoms with E-state index in [1.54, 1.807) is 30.3 Å². The summed E-state index contributed by atoms with van der Waals surface area (Å²) in [5.41, 5.74) is 0.576. The van der Waals surface area contributed by atoms with Crippen LogP contribution in [-0.4, -0.2) is 22.4 Å². The second-order valence-corrected chi connectivity index (χ2v) is 7.96. The molecule has 9 heteroatoms. The van der Waals surface area contributed by atoms with Gasteiger partial charge in [0.05, 0.1) is 15.6 Å². The molecule has 2 N–H and O–H groups in total. The van der Waals surface area contributed by atoms with Crippen LogP contribution < -0.4 is 15.4 Å². The molecule has 26 heavy (non-hydrogen) atoms. The van der Waals surface area contributed by atoms with Crippen molar-refractivity contribution in [3.8, 4) is 5.75 Å². The predicted molar refractivity (Wildman–Crippen MR) is 103 cm³/mol. The number of amides is 3. The fourth-order valence-electron chi connectivity index (χ4n) is 2.12. The zero-order valence-electron chi connectivity index (χ0n) is 13.1. The molecule has 1 aliphatic rings. The van der Waals surface area contributed by atoms with Crippen LogP contribution in [0.1, 0.15) is 16.8 Å². The summed E-state index contributed by atoms with van der Waals surface area (Å²) >= 11 is 23.9. The third kappa shape index (κ3) is 4.54. The first-order valence-electron chi connectivity index (χ1n) is 7.47. The number of hydrogen-bond donors (Lipinski definition) is 2. The third-order valence-electron chi connectivity index (χ3n) is 3.57. The molecule has 0 aliphatic heterocycles. The molecule has 0 bridgehead atoms. The largest absolute Gasteiger partial charge is 0.486 e. The van der Waals surface area contributed by atoms with E-state index in [1.807, 2.05) is 0 Å². The van der Waals surface area contributed by atoms with E-state index in [-0.39, 0.29) is 21.7 Å². The van der Waals surface area contributed by atoms with Crippen LogP contribution in [0.5, 0.6) is 5.75 Å². The zero-order chi connectivity index (χ0) is 18.9. The molecule has 2 aromatic rings. The van der Waals surface area contributed by atoms with Crippen LogP contribution in [-0.2, 0) is 0 Å². The summed E-state index contributed by atoms with van der Waals surface area (Å²) in [7, 11) is 0. The van der Waals surface area contributed by atoms with E-state index in [0.717, 1.165) is 0 Å². The number of alkyl halides is 2. The first-order chi connectivity index (χ1) is 12.3. The summed E-state index contributed by atoms with van der Waals surface area (Å²) in [4.78, 5) is 24.0. The normalized spacial score (nSPS) is 17.3. The fourth-order valence-corrected chi connectivity index (χ4v) is 2.94. The number of halogens is 4. The molecule has 1 unspecified atom stereocenters. The SMILES string of the molecule is O=C(NC(=O)c1ccccc1Cl)Nc1ccc(OC2CC2(Cl)Cl)c(Cl)c1. The maximum atomic E-state index is 12.0. The van der Waals surface area contributed by atoms with Crippen LogP contribution in [0.15, 0.2) is 42.5 Å². The number of benzene rings is 2. The molecule has 3 amide bonds. The molecule has 3 rings (SSSR count). The van der Waals surface area contributed by atoms with E-state index < -0.39 is 16.3 Å². The topological polar surface area (TPSA) is 67.4 Å². The minimum absolute atomic E-state index is 0.196. The number of hydrogen-bond acceptors (Lipinski definition) is 3. The highest BCUT2D eigenvalue weighted by molar-refractivity contribution is 6.51. The van der Waals surface area contributed by atoms with Gasteiger partial charge in [-0.3, -0.25) is 10.1 Å². The minimum Gasteiger partial charge on any atom is -0.486 e. The maximum absolute atomic E-state index is 12.0. The quantitative estimate of drug-likeness (QED) is 0.644. The number of nitrogens with one attached hydrogen (secondary N) is 2. The highest BCUT2D eigenvalue weighted by Gasteiger charge is 2.54. The number of ether oxygens (including phenoxy) is 1. The second kappa shape index (κ2) is 7.53. The molecule has 1 fully saturated rings. The van der Waals surface area contributed by atoms with Crippen molar-refractivity contribution in [2.45, 2.75) is 16.9 Å². The fraction of sp³-hybridized carbons (Fsp3) is 0.176. The van der Waals surface area contributed by atoms with Crippen LogP contribution >= 0.6 is 46.4 Å². The molecule has 5 nitrogen and oxygen atoms in total. The average molecular weight is 434 g/mol. The second-order valence-electron chi connectivity index (χ2n) is 5.60. The molecule has 1 saturated carbocycles. The molecule has 1 atom stereocenters. The molecule has 1 aliphatic carbocycles. The highest BCUT2D eigenvalue weighted by Crippen LogP contribution is 2.50. The van der Waals surface area contributed by atoms with E-state index in [1.165, 1.54) is 12.1 Å². The van der Waals surface area contributed by atoms with Gasteiger partial charge in [-0.15, -0.1) is 0 Å². The lowest BCUT2D eigenvalue weighted by Gasteiger charge is -2.11. The smallest absolute Gasteiger partial charge is 0.326 e. The summed E-state index contributed by atoms with van der Waals surface area (Å²) in [6.45, 7) is 0. The zero-order valence-corrected chi connectivity index (χ0v) is 16.1. The lowest BCUT2D eigenvalue weighted by atomic mass is 10.2. The number of carbonyl (C=O) groups is 2. The van der Waals surface area contributed by atoms with Gasteiger partial charge < -0.3 is 10.1 Å². The summed E-state index contributed by atoms with van der Waals surface area (Å²) < 4.78 is 4.68. The van der Waals surface area contributed by atoms with E-state index in [0.29, 0.717) is 17.9 Å². The highest BCUT2D eigenvalue weighted by atomic mass is 35.5. The van der Waals surface area contributed by atoms with Gasteiger partial charge in [-0.05, 0) is 30.3 Å². The third-order valence-corrected chi connectivity index (χ3v) is 4.99. The van der Waals surface area contributed by atoms with Gasteiger partial charge in [0.25, 0.3) is 5.91 Å². The van der Waals surface area contributed by atoms with Crippen molar-refractivity contribution in [2.24, 2.45) is 0 Å². The Balaban J connectivity index is 1.60. The van der Waals surface area contributed by atoms with Gasteiger partial charge in [0, 0.05) is 12.1 Å². The molecule has 0 heterocycles. The van der Waals surface area contributed by atoms with Crippen LogP contribution in [0, 0.1) is 0 Å². The maximum Gasteiger partial charge on any atom is 0.326 e. The average Bonchev–Trinajstić information content (AvgIpc) is 3.16. The number of imide groups is 1. The molecular formula is C17H12Cl4N2O3. The van der Waals surface area contributed by atoms with Gasteiger partial charge in [-0.25, -0.2) is 4.79 Å². The van der Waals surface area contributed by atoms with Gasteiger partial charge in [0.2, 0.25) is 0 Å². The van der Waals surface area contributed by atoms with Crippen molar-refractivity contribution in [1.29, 1.82) is 0 Å². The summed E-state index contributed by atoms with van der Waals surface area (Å²) in [6, 6.07) is 10.3. The Labute approximate surface area is 169 Å². The van der Waals surface area contributed by atoms with Gasteiger partial charge in [-0.1, -0.05) is 58.5 Å². The summed E-state index contributed by atoms with van der Waals surface area (Å²) in [5.74, 6) is -0.216. The Morgan fingerprint density at radius 3 is 2.38 bits per heavy atom. The van der Waals surface area contributed by atoms with Crippen LogP contribution in [0.2, 0.25) is 10.0 Å². The van der Waals surface area contributed by atoms with Gasteiger partial charge in [0.1, 0.15) is 11.9 Å². The van der Waals surface area contributed by atoms with Crippen LogP contribution in [0.4, 0.5) is 10.5 Å². The van der Waals surface area contributed by atoms with Gasteiger partial charge in [-0.2, -0.15) is 0 Å². The molecule has 0 radical (unpaired) electrons. The Hall–Kier alpha value is -1.66. The molecule has 2 aromatic carbocycles. The van der Waals surface area contributed by atoms with E-state index in [9.17, 15) is 9.59 Å². The van der Waals surface area contributed by atoms with E-state index >= 15 is 0 Å². The Kier molecular flexibility index (Phi) is 5.53. The van der Waals surface area contributed by atoms with Crippen molar-refractivity contribution in [3.05, 3.63) is 58.1 Å². The first kappa shape index (κ1) is 19.1. The van der Waals surface area contributed by atoms with E-state index in [2.05, 4.69) is 10.6 Å². The van der Waals surface area contributed by atoms with Gasteiger partial charge >= 0.3 is 6.03 Å². The number of anilines is 1. The van der Waals surface area contributed by atoms with Crippen LogP contribution in [0.3, 0.4) is 0 Å². The minimum atomic E-state index is -0.890. The number of urea groups is 1. The van der Waals surface area contributed by atoms with Gasteiger partial charge in [0.15, 0.2) is 4.33 Å². The molecule has 0 spiro atoms. The number of carbonyl (C=O) groups excluding carboxylic acids is 2. The van der Waals surface area contributed by atoms with E-state index in [4.69, 9.17) is 51.1 Å². The van der Waals surface area contributed by atoms with Crippen molar-refractivity contribution >= 4 is 64.0 Å². The van der Waals surface area contributed by atoms with Crippen LogP contribution in [0.25, 0.3) is 0 Å². The van der Waals surface area contributed by atoms with Crippen molar-refractivity contribution in [1.82, 2.24) is 5.32 Å². The number of rotatable bonds is 4. The Morgan fingerprint density at radius 1 is 1.08 bits per heavy atom. The monoisotopic (exact) mass is 432 g/mol. The molecule has 136 valence electrons. The standard InChI is InChI=1S/C17H12Cl4N2O3/c18-11-4-2-1-3-10(11)15(24)23-16(25)22-9-5-6-13(12(19)7-9)26-14-8-17(14,20)21/h1-7,14H,8H2,(H2,22,23,24,25). The molecule has 0 aromatic heterocycles. The van der Waals surface area contributed by atoms with Crippen molar-refractivity contribution in [3.63, 3.8) is 0 Å². The van der Waals surface area contributed by atoms with Crippen molar-refractivity contribution in [2.75, 3.05) is 5.32 Å². The lowest BCUT2D eigenvalue weighted by molar-refractivity contribution is 0.0967. The molecular weight excluding hydrogens is 422 g/mol. The summed E-state index contributed by atoms with van der Waals surface area (Å²) in [6.07, 6.45) is 0.192. The Morgan fingerprint density at radius 2 is 1.77 bits per heavy atom. The Bertz CT molecular complexity index is 873. The first-order valence-corrected chi connectivity index (χ1v) is 8.98. The molecule has 0 saturated heterocycles. The summed E-state index contributed by atoms with van der Waals surface area (Å²) in [5, 5.41) is 5.22.